The number of oxazole rings is 1. The van der Waals surface area contributed by atoms with E-state index in [1.54, 1.807) is 18.2 Å². The van der Waals surface area contributed by atoms with Crippen LogP contribution in [0.25, 0.3) is 11.3 Å². The Balaban J connectivity index is 1.40. The molecule has 2 aromatic heterocycles. The Morgan fingerprint density at radius 1 is 1.27 bits per heavy atom. The highest BCUT2D eigenvalue weighted by Gasteiger charge is 2.25. The van der Waals surface area contributed by atoms with Gasteiger partial charge in [-0.3, -0.25) is 4.90 Å². The highest BCUT2D eigenvalue weighted by Crippen LogP contribution is 2.24. The lowest BCUT2D eigenvalue weighted by Crippen LogP contribution is -2.44. The van der Waals surface area contributed by atoms with Crippen molar-refractivity contribution >= 4 is 0 Å². The summed E-state index contributed by atoms with van der Waals surface area (Å²) in [5, 5.41) is 7.43. The van der Waals surface area contributed by atoms with E-state index in [1.165, 1.54) is 12.3 Å². The van der Waals surface area contributed by atoms with Crippen molar-refractivity contribution in [3.05, 3.63) is 53.9 Å². The summed E-state index contributed by atoms with van der Waals surface area (Å²) in [7, 11) is 2.05. The maximum Gasteiger partial charge on any atom is 0.227 e. The Morgan fingerprint density at radius 3 is 2.96 bits per heavy atom. The summed E-state index contributed by atoms with van der Waals surface area (Å²) in [5.74, 6) is 1.83. The van der Waals surface area contributed by atoms with Crippen molar-refractivity contribution in [2.24, 2.45) is 0 Å². The van der Waals surface area contributed by atoms with Gasteiger partial charge in [0.2, 0.25) is 5.89 Å². The number of aromatic nitrogens is 3. The molecule has 0 saturated carbocycles. The number of piperazine rings is 1. The zero-order valence-corrected chi connectivity index (χ0v) is 14.5. The van der Waals surface area contributed by atoms with Gasteiger partial charge in [-0.15, -0.1) is 0 Å². The number of hydrogen-bond donors (Lipinski definition) is 1. The van der Waals surface area contributed by atoms with Gasteiger partial charge >= 0.3 is 0 Å². The first kappa shape index (κ1) is 16.9. The normalized spacial score (nSPS) is 18.3. The maximum absolute atomic E-state index is 13.8. The fourth-order valence-corrected chi connectivity index (χ4v) is 3.02. The van der Waals surface area contributed by atoms with Crippen LogP contribution in [0.1, 0.15) is 23.6 Å². The number of halogens is 1. The van der Waals surface area contributed by atoms with Crippen LogP contribution in [0, 0.1) is 5.82 Å². The van der Waals surface area contributed by atoms with E-state index in [4.69, 9.17) is 8.94 Å². The van der Waals surface area contributed by atoms with E-state index < -0.39 is 0 Å². The van der Waals surface area contributed by atoms with E-state index in [2.05, 4.69) is 32.4 Å². The minimum atomic E-state index is -0.332. The Kier molecular flexibility index (Phi) is 4.77. The second-order valence-electron chi connectivity index (χ2n) is 6.34. The van der Waals surface area contributed by atoms with Crippen LogP contribution in [-0.4, -0.2) is 46.7 Å². The highest BCUT2D eigenvalue weighted by molar-refractivity contribution is 5.56. The average molecular weight is 357 g/mol. The first-order chi connectivity index (χ1) is 12.7. The molecule has 0 aliphatic carbocycles. The third-order valence-electron chi connectivity index (χ3n) is 4.54. The highest BCUT2D eigenvalue weighted by atomic mass is 19.1. The fourth-order valence-electron chi connectivity index (χ4n) is 3.02. The molecular weight excluding hydrogens is 337 g/mol. The summed E-state index contributed by atoms with van der Waals surface area (Å²) in [6, 6.07) is 6.59. The predicted octanol–water partition coefficient (Wildman–Crippen LogP) is 2.22. The summed E-state index contributed by atoms with van der Waals surface area (Å²) in [6.07, 6.45) is 2.57. The smallest absolute Gasteiger partial charge is 0.227 e. The fraction of sp³-hybridized carbons (Fsp3) is 0.389. The van der Waals surface area contributed by atoms with Gasteiger partial charge in [0, 0.05) is 32.5 Å². The van der Waals surface area contributed by atoms with Crippen molar-refractivity contribution in [1.82, 2.24) is 25.3 Å². The summed E-state index contributed by atoms with van der Waals surface area (Å²) in [5.41, 5.74) is 0.402. The zero-order valence-electron chi connectivity index (χ0n) is 14.5. The molecule has 1 atom stereocenters. The number of rotatable bonds is 5. The van der Waals surface area contributed by atoms with E-state index in [1.807, 2.05) is 0 Å². The van der Waals surface area contributed by atoms with Gasteiger partial charge in [0.1, 0.15) is 5.82 Å². The number of benzene rings is 1. The minimum Gasteiger partial charge on any atom is -0.441 e. The summed E-state index contributed by atoms with van der Waals surface area (Å²) < 4.78 is 24.8. The van der Waals surface area contributed by atoms with Gasteiger partial charge in [0.15, 0.2) is 17.5 Å². The lowest BCUT2D eigenvalue weighted by molar-refractivity contribution is 0.190. The van der Waals surface area contributed by atoms with Gasteiger partial charge in [-0.1, -0.05) is 17.3 Å². The van der Waals surface area contributed by atoms with Crippen molar-refractivity contribution in [2.75, 3.05) is 26.7 Å². The minimum absolute atomic E-state index is 0.121. The van der Waals surface area contributed by atoms with Crippen LogP contribution in [-0.2, 0) is 12.8 Å². The SMILES string of the molecule is CN1CCNCC1c1noc(CCc2ncc(-c3ccccc3F)o2)n1. The molecule has 1 aliphatic heterocycles. The van der Waals surface area contributed by atoms with Crippen molar-refractivity contribution in [3.63, 3.8) is 0 Å². The Morgan fingerprint density at radius 2 is 2.12 bits per heavy atom. The average Bonchev–Trinajstić information content (AvgIpc) is 3.30. The van der Waals surface area contributed by atoms with Gasteiger partial charge in [0.25, 0.3) is 0 Å². The first-order valence-corrected chi connectivity index (χ1v) is 8.64. The lowest BCUT2D eigenvalue weighted by atomic mass is 10.2. The molecule has 4 rings (SSSR count). The van der Waals surface area contributed by atoms with Gasteiger partial charge in [-0.2, -0.15) is 4.98 Å². The monoisotopic (exact) mass is 357 g/mol. The van der Waals surface area contributed by atoms with E-state index in [-0.39, 0.29) is 11.9 Å². The summed E-state index contributed by atoms with van der Waals surface area (Å²) in [6.45, 7) is 2.72. The second-order valence-corrected chi connectivity index (χ2v) is 6.34. The first-order valence-electron chi connectivity index (χ1n) is 8.64. The van der Waals surface area contributed by atoms with Crippen molar-refractivity contribution in [1.29, 1.82) is 0 Å². The topological polar surface area (TPSA) is 80.2 Å². The summed E-state index contributed by atoms with van der Waals surface area (Å²) in [4.78, 5) is 10.9. The molecule has 1 saturated heterocycles. The van der Waals surface area contributed by atoms with Crippen LogP contribution in [0.3, 0.4) is 0 Å². The van der Waals surface area contributed by atoms with Gasteiger partial charge < -0.3 is 14.3 Å². The van der Waals surface area contributed by atoms with E-state index in [9.17, 15) is 4.39 Å². The Labute approximate surface area is 150 Å². The number of likely N-dealkylation sites (N-methyl/N-ethyl adjacent to an activating group) is 1. The largest absolute Gasteiger partial charge is 0.441 e. The quantitative estimate of drug-likeness (QED) is 0.750. The standard InChI is InChI=1S/C18H20FN5O2/c1-24-9-8-20-10-14(24)18-22-17(26-23-18)7-6-16-21-11-15(25-16)12-4-2-3-5-13(12)19/h2-5,11,14,20H,6-10H2,1H3. The molecular formula is C18H20FN5O2. The predicted molar refractivity (Wildman–Crippen MR) is 91.8 cm³/mol. The van der Waals surface area contributed by atoms with Crippen LogP contribution in [0.5, 0.6) is 0 Å². The maximum atomic E-state index is 13.8. The number of nitrogens with zero attached hydrogens (tertiary/aromatic N) is 4. The molecule has 3 heterocycles. The Hall–Kier alpha value is -2.58. The van der Waals surface area contributed by atoms with Gasteiger partial charge in [-0.25, -0.2) is 9.37 Å². The third kappa shape index (κ3) is 3.51. The van der Waals surface area contributed by atoms with Crippen LogP contribution in [0.15, 0.2) is 39.4 Å². The van der Waals surface area contributed by atoms with E-state index in [0.29, 0.717) is 41.8 Å². The van der Waals surface area contributed by atoms with Crippen LogP contribution >= 0.6 is 0 Å². The molecule has 7 nitrogen and oxygen atoms in total. The van der Waals surface area contributed by atoms with Gasteiger partial charge in [0.05, 0.1) is 17.8 Å². The molecule has 0 spiro atoms. The number of nitrogens with one attached hydrogen (secondary N) is 1. The van der Waals surface area contributed by atoms with Crippen LogP contribution < -0.4 is 5.32 Å². The van der Waals surface area contributed by atoms with Crippen LogP contribution in [0.2, 0.25) is 0 Å². The molecule has 0 radical (unpaired) electrons. The Bertz CT molecular complexity index is 878. The molecule has 0 amide bonds. The van der Waals surface area contributed by atoms with Crippen molar-refractivity contribution in [2.45, 2.75) is 18.9 Å². The van der Waals surface area contributed by atoms with E-state index in [0.717, 1.165) is 19.6 Å². The number of hydrogen-bond acceptors (Lipinski definition) is 7. The molecule has 136 valence electrons. The molecule has 1 unspecified atom stereocenters. The van der Waals surface area contributed by atoms with Crippen molar-refractivity contribution < 1.29 is 13.3 Å². The molecule has 3 aromatic rings. The third-order valence-corrected chi connectivity index (χ3v) is 4.54. The second kappa shape index (κ2) is 7.35. The molecule has 8 heteroatoms. The zero-order chi connectivity index (χ0) is 17.9. The number of aryl methyl sites for hydroxylation is 2. The molecule has 26 heavy (non-hydrogen) atoms. The van der Waals surface area contributed by atoms with Crippen LogP contribution in [0.4, 0.5) is 4.39 Å². The molecule has 1 aromatic carbocycles. The van der Waals surface area contributed by atoms with Crippen molar-refractivity contribution in [3.8, 4) is 11.3 Å². The summed E-state index contributed by atoms with van der Waals surface area (Å²) >= 11 is 0. The van der Waals surface area contributed by atoms with Gasteiger partial charge in [-0.05, 0) is 19.2 Å². The van der Waals surface area contributed by atoms with E-state index >= 15 is 0 Å². The lowest BCUT2D eigenvalue weighted by Gasteiger charge is -2.30. The molecule has 0 bridgehead atoms. The molecule has 1 N–H and O–H groups in total. The molecule has 1 aliphatic rings. The molecule has 1 fully saturated rings.